The van der Waals surface area contributed by atoms with Crippen molar-refractivity contribution in [2.24, 2.45) is 4.99 Å². The minimum Gasteiger partial charge on any atom is -0.489 e. The molecule has 0 amide bonds. The molecule has 2 N–H and O–H groups in total. The van der Waals surface area contributed by atoms with Crippen LogP contribution in [0.3, 0.4) is 0 Å². The largest absolute Gasteiger partial charge is 0.489 e. The molecule has 1 aliphatic rings. The second-order valence-corrected chi connectivity index (χ2v) is 6.59. The van der Waals surface area contributed by atoms with Crippen LogP contribution in [-0.2, 0) is 0 Å². The molecule has 27 heavy (non-hydrogen) atoms. The van der Waals surface area contributed by atoms with E-state index in [2.05, 4.69) is 15.6 Å². The lowest BCUT2D eigenvalue weighted by Gasteiger charge is -2.20. The maximum Gasteiger partial charge on any atom is 0.401 e. The molecule has 1 aromatic carbocycles. The predicted octanol–water partition coefficient (Wildman–Crippen LogP) is 2.78. The smallest absolute Gasteiger partial charge is 0.401 e. The number of benzene rings is 1. The first-order chi connectivity index (χ1) is 12.7. The van der Waals surface area contributed by atoms with Crippen molar-refractivity contribution < 1.29 is 22.3 Å². The molecule has 0 spiro atoms. The lowest BCUT2D eigenvalue weighted by atomic mass is 10.3. The summed E-state index contributed by atoms with van der Waals surface area (Å²) < 4.78 is 56.3. The Morgan fingerprint density at radius 2 is 2.19 bits per heavy atom. The third-order valence-electron chi connectivity index (χ3n) is 4.00. The number of hydrogen-bond donors (Lipinski definition) is 2. The molecule has 2 rings (SSSR count). The van der Waals surface area contributed by atoms with Crippen LogP contribution < -0.4 is 15.4 Å². The molecular formula is C18H26F4N4O. The van der Waals surface area contributed by atoms with Crippen LogP contribution in [0, 0.1) is 5.82 Å². The van der Waals surface area contributed by atoms with E-state index in [0.717, 1.165) is 0 Å². The van der Waals surface area contributed by atoms with Gasteiger partial charge in [-0.15, -0.1) is 0 Å². The molecule has 1 heterocycles. The zero-order valence-corrected chi connectivity index (χ0v) is 15.5. The molecule has 2 atom stereocenters. The molecular weight excluding hydrogens is 364 g/mol. The molecule has 1 aliphatic heterocycles. The highest BCUT2D eigenvalue weighted by Gasteiger charge is 2.34. The Balaban J connectivity index is 1.85. The van der Waals surface area contributed by atoms with Crippen LogP contribution in [-0.4, -0.2) is 61.9 Å². The van der Waals surface area contributed by atoms with E-state index in [0.29, 0.717) is 44.3 Å². The molecule has 0 saturated carbocycles. The van der Waals surface area contributed by atoms with Gasteiger partial charge < -0.3 is 15.4 Å². The third-order valence-corrected chi connectivity index (χ3v) is 4.00. The normalized spacial score (nSPS) is 19.8. The Kier molecular flexibility index (Phi) is 7.70. The molecule has 0 aliphatic carbocycles. The van der Waals surface area contributed by atoms with Crippen LogP contribution in [0.1, 0.15) is 20.3 Å². The summed E-state index contributed by atoms with van der Waals surface area (Å²) in [6, 6.07) is 5.79. The van der Waals surface area contributed by atoms with Gasteiger partial charge in [-0.1, -0.05) is 6.07 Å². The van der Waals surface area contributed by atoms with Gasteiger partial charge in [0.15, 0.2) is 5.96 Å². The van der Waals surface area contributed by atoms with Gasteiger partial charge in [-0.05, 0) is 32.4 Å². The Labute approximate surface area is 156 Å². The maximum atomic E-state index is 13.2. The summed E-state index contributed by atoms with van der Waals surface area (Å²) in [5.41, 5.74) is 0. The van der Waals surface area contributed by atoms with Gasteiger partial charge in [0.05, 0.1) is 13.1 Å². The SMILES string of the molecule is CCNC(=NCC(C)Oc1cccc(F)c1)NC1CCN(CC(F)(F)F)C1. The van der Waals surface area contributed by atoms with E-state index in [1.165, 1.54) is 17.0 Å². The summed E-state index contributed by atoms with van der Waals surface area (Å²) in [6.45, 7) is 4.51. The molecule has 0 radical (unpaired) electrons. The minimum atomic E-state index is -4.18. The van der Waals surface area contributed by atoms with Crippen molar-refractivity contribution in [2.75, 3.05) is 32.7 Å². The predicted molar refractivity (Wildman–Crippen MR) is 96.5 cm³/mol. The van der Waals surface area contributed by atoms with Crippen LogP contribution in [0.5, 0.6) is 5.75 Å². The monoisotopic (exact) mass is 390 g/mol. The highest BCUT2D eigenvalue weighted by molar-refractivity contribution is 5.80. The summed E-state index contributed by atoms with van der Waals surface area (Å²) >= 11 is 0. The number of halogens is 4. The lowest BCUT2D eigenvalue weighted by molar-refractivity contribution is -0.143. The number of aliphatic imine (C=N–C) groups is 1. The number of likely N-dealkylation sites (tertiary alicyclic amines) is 1. The van der Waals surface area contributed by atoms with E-state index < -0.39 is 12.7 Å². The molecule has 152 valence electrons. The standard InChI is InChI=1S/C18H26F4N4O/c1-3-23-17(25-15-7-8-26(11-15)12-18(20,21)22)24-10-13(2)27-16-6-4-5-14(19)9-16/h4-6,9,13,15H,3,7-8,10-12H2,1-2H3,(H2,23,24,25). The van der Waals surface area contributed by atoms with Gasteiger partial charge in [-0.2, -0.15) is 13.2 Å². The number of alkyl halides is 3. The Hall–Kier alpha value is -2.03. The summed E-state index contributed by atoms with van der Waals surface area (Å²) in [7, 11) is 0. The summed E-state index contributed by atoms with van der Waals surface area (Å²) in [5.74, 6) is 0.586. The fourth-order valence-electron chi connectivity index (χ4n) is 2.89. The highest BCUT2D eigenvalue weighted by atomic mass is 19.4. The summed E-state index contributed by atoms with van der Waals surface area (Å²) in [5, 5.41) is 6.26. The second kappa shape index (κ2) is 9.77. The van der Waals surface area contributed by atoms with E-state index in [1.807, 2.05) is 13.8 Å². The first kappa shape index (κ1) is 21.3. The first-order valence-corrected chi connectivity index (χ1v) is 9.01. The summed E-state index contributed by atoms with van der Waals surface area (Å²) in [6.07, 6.45) is -3.85. The lowest BCUT2D eigenvalue weighted by Crippen LogP contribution is -2.45. The van der Waals surface area contributed by atoms with Gasteiger partial charge in [0.1, 0.15) is 17.7 Å². The second-order valence-electron chi connectivity index (χ2n) is 6.59. The van der Waals surface area contributed by atoms with Crippen molar-refractivity contribution in [1.29, 1.82) is 0 Å². The number of ether oxygens (including phenoxy) is 1. The van der Waals surface area contributed by atoms with Crippen molar-refractivity contribution in [3.63, 3.8) is 0 Å². The third kappa shape index (κ3) is 8.03. The zero-order valence-electron chi connectivity index (χ0n) is 15.5. The Bertz CT molecular complexity index is 624. The molecule has 2 unspecified atom stereocenters. The molecule has 1 fully saturated rings. The van der Waals surface area contributed by atoms with E-state index in [9.17, 15) is 17.6 Å². The zero-order chi connectivity index (χ0) is 19.9. The number of hydrogen-bond acceptors (Lipinski definition) is 3. The Morgan fingerprint density at radius 1 is 1.41 bits per heavy atom. The van der Waals surface area contributed by atoms with Gasteiger partial charge in [0.25, 0.3) is 0 Å². The fourth-order valence-corrected chi connectivity index (χ4v) is 2.89. The summed E-state index contributed by atoms with van der Waals surface area (Å²) in [4.78, 5) is 5.82. The van der Waals surface area contributed by atoms with Crippen molar-refractivity contribution >= 4 is 5.96 Å². The van der Waals surface area contributed by atoms with Crippen molar-refractivity contribution in [1.82, 2.24) is 15.5 Å². The number of guanidine groups is 1. The van der Waals surface area contributed by atoms with E-state index in [4.69, 9.17) is 4.74 Å². The Morgan fingerprint density at radius 3 is 2.85 bits per heavy atom. The molecule has 5 nitrogen and oxygen atoms in total. The van der Waals surface area contributed by atoms with Crippen LogP contribution in [0.15, 0.2) is 29.3 Å². The van der Waals surface area contributed by atoms with Crippen LogP contribution >= 0.6 is 0 Å². The average molecular weight is 390 g/mol. The molecule has 1 saturated heterocycles. The fraction of sp³-hybridized carbons (Fsp3) is 0.611. The average Bonchev–Trinajstić information content (AvgIpc) is 2.98. The van der Waals surface area contributed by atoms with Crippen molar-refractivity contribution in [3.05, 3.63) is 30.1 Å². The quantitative estimate of drug-likeness (QED) is 0.427. The van der Waals surface area contributed by atoms with E-state index >= 15 is 0 Å². The van der Waals surface area contributed by atoms with Crippen LogP contribution in [0.4, 0.5) is 17.6 Å². The van der Waals surface area contributed by atoms with Crippen LogP contribution in [0.25, 0.3) is 0 Å². The highest BCUT2D eigenvalue weighted by Crippen LogP contribution is 2.20. The van der Waals surface area contributed by atoms with E-state index in [1.54, 1.807) is 12.1 Å². The molecule has 0 aromatic heterocycles. The number of nitrogens with zero attached hydrogens (tertiary/aromatic N) is 2. The number of nitrogens with one attached hydrogen (secondary N) is 2. The van der Waals surface area contributed by atoms with Gasteiger partial charge in [0.2, 0.25) is 0 Å². The first-order valence-electron chi connectivity index (χ1n) is 9.01. The van der Waals surface area contributed by atoms with Crippen molar-refractivity contribution in [3.8, 4) is 5.75 Å². The minimum absolute atomic E-state index is 0.0930. The number of rotatable bonds is 7. The maximum absolute atomic E-state index is 13.2. The van der Waals surface area contributed by atoms with Gasteiger partial charge >= 0.3 is 6.18 Å². The molecule has 0 bridgehead atoms. The van der Waals surface area contributed by atoms with Gasteiger partial charge in [-0.3, -0.25) is 4.90 Å². The van der Waals surface area contributed by atoms with Crippen molar-refractivity contribution in [2.45, 2.75) is 38.6 Å². The van der Waals surface area contributed by atoms with Gasteiger partial charge in [0, 0.05) is 31.7 Å². The van der Waals surface area contributed by atoms with Crippen LogP contribution in [0.2, 0.25) is 0 Å². The molecule has 9 heteroatoms. The van der Waals surface area contributed by atoms with Gasteiger partial charge in [-0.25, -0.2) is 9.38 Å². The van der Waals surface area contributed by atoms with E-state index in [-0.39, 0.29) is 18.0 Å². The topological polar surface area (TPSA) is 48.9 Å². The molecule has 1 aromatic rings.